The van der Waals surface area contributed by atoms with Crippen molar-refractivity contribution in [2.24, 2.45) is 0 Å². The zero-order chi connectivity index (χ0) is 11.5. The molecule has 2 aromatic carbocycles. The molecule has 0 saturated heterocycles. The van der Waals surface area contributed by atoms with Crippen LogP contribution in [0, 0.1) is 0 Å². The summed E-state index contributed by atoms with van der Waals surface area (Å²) >= 11 is 9.37. The summed E-state index contributed by atoms with van der Waals surface area (Å²) in [4.78, 5) is 0. The first-order chi connectivity index (χ1) is 7.66. The average molecular weight is 299 g/mol. The normalized spacial score (nSPS) is 10.1. The zero-order valence-electron chi connectivity index (χ0n) is 8.28. The standard InChI is InChI=1S/C12H9BrClNO/c13-8-5-6-9(14)12(7-8)16-11-4-2-1-3-10(11)15/h1-7H,15H2. The molecule has 2 N–H and O–H groups in total. The molecular weight excluding hydrogens is 289 g/mol. The maximum absolute atomic E-state index is 6.01. The van der Waals surface area contributed by atoms with Crippen molar-refractivity contribution in [3.05, 3.63) is 52.0 Å². The van der Waals surface area contributed by atoms with E-state index in [1.165, 1.54) is 0 Å². The van der Waals surface area contributed by atoms with Crippen LogP contribution in [0.5, 0.6) is 11.5 Å². The molecule has 0 heterocycles. The summed E-state index contributed by atoms with van der Waals surface area (Å²) in [6.07, 6.45) is 0. The molecule has 0 aliphatic carbocycles. The Labute approximate surface area is 107 Å². The molecule has 2 rings (SSSR count). The predicted molar refractivity (Wildman–Crippen MR) is 70.1 cm³/mol. The van der Waals surface area contributed by atoms with Crippen LogP contribution >= 0.6 is 27.5 Å². The molecule has 2 aromatic rings. The van der Waals surface area contributed by atoms with Crippen LogP contribution in [0.1, 0.15) is 0 Å². The monoisotopic (exact) mass is 297 g/mol. The molecule has 82 valence electrons. The maximum atomic E-state index is 6.01. The molecule has 0 aliphatic heterocycles. The Morgan fingerprint density at radius 1 is 1.06 bits per heavy atom. The summed E-state index contributed by atoms with van der Waals surface area (Å²) in [5.41, 5.74) is 6.36. The minimum atomic E-state index is 0.548. The van der Waals surface area contributed by atoms with E-state index < -0.39 is 0 Å². The van der Waals surface area contributed by atoms with Gasteiger partial charge >= 0.3 is 0 Å². The summed E-state index contributed by atoms with van der Waals surface area (Å²) < 4.78 is 6.54. The number of ether oxygens (including phenoxy) is 1. The van der Waals surface area contributed by atoms with Gasteiger partial charge in [-0.25, -0.2) is 0 Å². The number of benzene rings is 2. The van der Waals surface area contributed by atoms with Crippen molar-refractivity contribution in [3.63, 3.8) is 0 Å². The van der Waals surface area contributed by atoms with Crippen molar-refractivity contribution >= 4 is 33.2 Å². The number of nitrogens with two attached hydrogens (primary N) is 1. The first-order valence-corrected chi connectivity index (χ1v) is 5.81. The smallest absolute Gasteiger partial charge is 0.150 e. The van der Waals surface area contributed by atoms with Gasteiger partial charge in [0.1, 0.15) is 11.5 Å². The molecule has 0 unspecified atom stereocenters. The van der Waals surface area contributed by atoms with Crippen LogP contribution in [0.4, 0.5) is 5.69 Å². The van der Waals surface area contributed by atoms with Crippen molar-refractivity contribution in [2.45, 2.75) is 0 Å². The van der Waals surface area contributed by atoms with Crippen LogP contribution < -0.4 is 10.5 Å². The fraction of sp³-hybridized carbons (Fsp3) is 0. The molecule has 0 fully saturated rings. The highest BCUT2D eigenvalue weighted by atomic mass is 79.9. The van der Waals surface area contributed by atoms with E-state index in [9.17, 15) is 0 Å². The van der Waals surface area contributed by atoms with Crippen LogP contribution in [0.2, 0.25) is 5.02 Å². The number of anilines is 1. The van der Waals surface area contributed by atoms with Gasteiger partial charge in [-0.1, -0.05) is 39.7 Å². The van der Waals surface area contributed by atoms with Crippen LogP contribution in [-0.2, 0) is 0 Å². The molecule has 0 saturated carbocycles. The zero-order valence-corrected chi connectivity index (χ0v) is 10.6. The number of nitrogen functional groups attached to an aromatic ring is 1. The van der Waals surface area contributed by atoms with Crippen molar-refractivity contribution in [1.29, 1.82) is 0 Å². The Bertz CT molecular complexity index is 516. The minimum absolute atomic E-state index is 0.548. The number of hydrogen-bond donors (Lipinski definition) is 1. The van der Waals surface area contributed by atoms with Crippen LogP contribution in [0.3, 0.4) is 0 Å². The molecule has 0 amide bonds. The van der Waals surface area contributed by atoms with Gasteiger partial charge < -0.3 is 10.5 Å². The van der Waals surface area contributed by atoms with E-state index in [4.69, 9.17) is 22.1 Å². The van der Waals surface area contributed by atoms with Gasteiger partial charge in [0.2, 0.25) is 0 Å². The van der Waals surface area contributed by atoms with Crippen LogP contribution in [-0.4, -0.2) is 0 Å². The number of hydrogen-bond acceptors (Lipinski definition) is 2. The van der Waals surface area contributed by atoms with E-state index in [2.05, 4.69) is 15.9 Å². The van der Waals surface area contributed by atoms with E-state index in [1.54, 1.807) is 24.3 Å². The highest BCUT2D eigenvalue weighted by molar-refractivity contribution is 9.10. The van der Waals surface area contributed by atoms with Crippen LogP contribution in [0.15, 0.2) is 46.9 Å². The Kier molecular flexibility index (Phi) is 3.36. The largest absolute Gasteiger partial charge is 0.454 e. The highest BCUT2D eigenvalue weighted by Gasteiger charge is 2.05. The third kappa shape index (κ3) is 2.49. The molecule has 0 spiro atoms. The number of rotatable bonds is 2. The lowest BCUT2D eigenvalue weighted by Crippen LogP contribution is -1.91. The van der Waals surface area contributed by atoms with Gasteiger partial charge in [-0.3, -0.25) is 0 Å². The van der Waals surface area contributed by atoms with Gasteiger partial charge in [0.05, 0.1) is 10.7 Å². The molecule has 2 nitrogen and oxygen atoms in total. The van der Waals surface area contributed by atoms with Crippen LogP contribution in [0.25, 0.3) is 0 Å². The molecular formula is C12H9BrClNO. The lowest BCUT2D eigenvalue weighted by Gasteiger charge is -2.09. The molecule has 0 radical (unpaired) electrons. The second-order valence-corrected chi connectivity index (χ2v) is 4.54. The van der Waals surface area contributed by atoms with Crippen molar-refractivity contribution in [1.82, 2.24) is 0 Å². The van der Waals surface area contributed by atoms with Gasteiger partial charge in [0.25, 0.3) is 0 Å². The quantitative estimate of drug-likeness (QED) is 0.830. The third-order valence-electron chi connectivity index (χ3n) is 2.03. The molecule has 0 aromatic heterocycles. The van der Waals surface area contributed by atoms with Crippen molar-refractivity contribution in [3.8, 4) is 11.5 Å². The lowest BCUT2D eigenvalue weighted by molar-refractivity contribution is 0.485. The van der Waals surface area contributed by atoms with Gasteiger partial charge in [-0.05, 0) is 30.3 Å². The molecule has 0 atom stereocenters. The summed E-state index contributed by atoms with van der Waals surface area (Å²) in [5, 5.41) is 0.548. The summed E-state index contributed by atoms with van der Waals surface area (Å²) in [5.74, 6) is 1.18. The second-order valence-electron chi connectivity index (χ2n) is 3.21. The fourth-order valence-electron chi connectivity index (χ4n) is 1.25. The number of halogens is 2. The second kappa shape index (κ2) is 4.76. The van der Waals surface area contributed by atoms with Crippen molar-refractivity contribution in [2.75, 3.05) is 5.73 Å². The van der Waals surface area contributed by atoms with Gasteiger partial charge in [-0.2, -0.15) is 0 Å². The first-order valence-electron chi connectivity index (χ1n) is 4.64. The molecule has 16 heavy (non-hydrogen) atoms. The van der Waals surface area contributed by atoms with E-state index in [1.807, 2.05) is 18.2 Å². The van der Waals surface area contributed by atoms with E-state index in [0.717, 1.165) is 4.47 Å². The van der Waals surface area contributed by atoms with E-state index >= 15 is 0 Å². The Morgan fingerprint density at radius 2 is 1.81 bits per heavy atom. The minimum Gasteiger partial charge on any atom is -0.454 e. The topological polar surface area (TPSA) is 35.2 Å². The third-order valence-corrected chi connectivity index (χ3v) is 2.84. The molecule has 4 heteroatoms. The van der Waals surface area contributed by atoms with Gasteiger partial charge in [0, 0.05) is 4.47 Å². The Morgan fingerprint density at radius 3 is 2.56 bits per heavy atom. The molecule has 0 aliphatic rings. The highest BCUT2D eigenvalue weighted by Crippen LogP contribution is 2.34. The number of para-hydroxylation sites is 2. The molecule has 0 bridgehead atoms. The average Bonchev–Trinajstić information content (AvgIpc) is 2.27. The maximum Gasteiger partial charge on any atom is 0.150 e. The summed E-state index contributed by atoms with van der Waals surface area (Å²) in [6.45, 7) is 0. The lowest BCUT2D eigenvalue weighted by atomic mass is 10.3. The summed E-state index contributed by atoms with van der Waals surface area (Å²) in [7, 11) is 0. The van der Waals surface area contributed by atoms with Gasteiger partial charge in [0.15, 0.2) is 0 Å². The Hall–Kier alpha value is -1.19. The van der Waals surface area contributed by atoms with E-state index in [-0.39, 0.29) is 0 Å². The van der Waals surface area contributed by atoms with Gasteiger partial charge in [-0.15, -0.1) is 0 Å². The predicted octanol–water partition coefficient (Wildman–Crippen LogP) is 4.48. The Balaban J connectivity index is 2.34. The van der Waals surface area contributed by atoms with E-state index in [0.29, 0.717) is 22.2 Å². The fourth-order valence-corrected chi connectivity index (χ4v) is 1.74. The first kappa shape index (κ1) is 11.3. The summed E-state index contributed by atoms with van der Waals surface area (Å²) in [6, 6.07) is 12.7. The SMILES string of the molecule is Nc1ccccc1Oc1cc(Br)ccc1Cl. The van der Waals surface area contributed by atoms with Crippen molar-refractivity contribution < 1.29 is 4.74 Å².